The molecule has 3 aromatic heterocycles. The van der Waals surface area contributed by atoms with E-state index in [1.54, 1.807) is 25.0 Å². The quantitative estimate of drug-likeness (QED) is 0.456. The number of nitrogens with zero attached hydrogens (tertiary/aromatic N) is 7. The van der Waals surface area contributed by atoms with Gasteiger partial charge in [-0.05, 0) is 54.5 Å². The molecule has 0 radical (unpaired) electrons. The first-order valence-corrected chi connectivity index (χ1v) is 10.8. The molecule has 0 saturated carbocycles. The highest BCUT2D eigenvalue weighted by atomic mass is 16.5. The van der Waals surface area contributed by atoms with E-state index in [1.165, 1.54) is 0 Å². The summed E-state index contributed by atoms with van der Waals surface area (Å²) in [6.45, 7) is 3.48. The minimum atomic E-state index is 0.311. The first-order valence-electron chi connectivity index (χ1n) is 10.8. The zero-order valence-electron chi connectivity index (χ0n) is 18.7. The third-order valence-corrected chi connectivity index (χ3v) is 5.58. The van der Waals surface area contributed by atoms with E-state index in [1.807, 2.05) is 31.2 Å². The number of aryl methyl sites for hydroxylation is 2. The maximum absolute atomic E-state index is 5.59. The summed E-state index contributed by atoms with van der Waals surface area (Å²) in [5, 5.41) is 19.4. The first kappa shape index (κ1) is 21.0. The monoisotopic (exact) mass is 447 g/mol. The van der Waals surface area contributed by atoms with E-state index < -0.39 is 0 Å². The van der Waals surface area contributed by atoms with Gasteiger partial charge < -0.3 is 20.1 Å². The predicted molar refractivity (Wildman–Crippen MR) is 124 cm³/mol. The lowest BCUT2D eigenvalue weighted by molar-refractivity contribution is 0.0904. The van der Waals surface area contributed by atoms with Crippen molar-refractivity contribution in [3.05, 3.63) is 36.2 Å². The molecule has 4 aromatic rings. The van der Waals surface area contributed by atoms with Crippen molar-refractivity contribution in [2.75, 3.05) is 31.0 Å². The van der Waals surface area contributed by atoms with Gasteiger partial charge >= 0.3 is 0 Å². The van der Waals surface area contributed by atoms with Crippen LogP contribution in [0.25, 0.3) is 22.3 Å². The highest BCUT2D eigenvalue weighted by Gasteiger charge is 2.17. The number of fused-ring (bicyclic) bond motifs is 1. The fourth-order valence-corrected chi connectivity index (χ4v) is 3.90. The smallest absolute Gasteiger partial charge is 0.227 e. The number of hydrogen-bond acceptors (Lipinski definition) is 10. The number of benzene rings is 1. The van der Waals surface area contributed by atoms with Gasteiger partial charge in [-0.1, -0.05) is 0 Å². The van der Waals surface area contributed by atoms with Gasteiger partial charge in [0, 0.05) is 49.1 Å². The Morgan fingerprint density at radius 3 is 2.76 bits per heavy atom. The zero-order chi connectivity index (χ0) is 22.8. The molecule has 11 heteroatoms. The molecule has 0 spiro atoms. The molecule has 0 aliphatic carbocycles. The van der Waals surface area contributed by atoms with Crippen LogP contribution in [0.4, 0.5) is 17.5 Å². The largest absolute Gasteiger partial charge is 0.495 e. The van der Waals surface area contributed by atoms with Gasteiger partial charge in [-0.15, -0.1) is 5.10 Å². The number of tetrazole rings is 1. The third-order valence-electron chi connectivity index (χ3n) is 5.58. The van der Waals surface area contributed by atoms with Crippen molar-refractivity contribution in [2.24, 2.45) is 7.05 Å². The van der Waals surface area contributed by atoms with Crippen LogP contribution in [0.15, 0.2) is 30.5 Å². The van der Waals surface area contributed by atoms with E-state index in [9.17, 15) is 0 Å². The van der Waals surface area contributed by atoms with Crippen molar-refractivity contribution in [3.8, 4) is 17.1 Å². The molecule has 1 saturated heterocycles. The summed E-state index contributed by atoms with van der Waals surface area (Å²) < 4.78 is 12.7. The van der Waals surface area contributed by atoms with Gasteiger partial charge in [-0.3, -0.25) is 0 Å². The second-order valence-corrected chi connectivity index (χ2v) is 7.94. The van der Waals surface area contributed by atoms with Crippen LogP contribution in [0.1, 0.15) is 18.5 Å². The third kappa shape index (κ3) is 4.40. The van der Waals surface area contributed by atoms with Crippen LogP contribution in [0.5, 0.6) is 5.75 Å². The molecular formula is C22H25N9O2. The van der Waals surface area contributed by atoms with Crippen molar-refractivity contribution in [2.45, 2.75) is 25.8 Å². The Morgan fingerprint density at radius 1 is 1.15 bits per heavy atom. The minimum absolute atomic E-state index is 0.311. The average Bonchev–Trinajstić information content (AvgIpc) is 3.26. The molecule has 4 heterocycles. The number of pyridine rings is 1. The van der Waals surface area contributed by atoms with Gasteiger partial charge in [0.2, 0.25) is 5.95 Å². The molecule has 0 atom stereocenters. The van der Waals surface area contributed by atoms with E-state index >= 15 is 0 Å². The maximum atomic E-state index is 5.59. The molecule has 33 heavy (non-hydrogen) atoms. The van der Waals surface area contributed by atoms with Gasteiger partial charge in [-0.25, -0.2) is 19.6 Å². The molecule has 1 aliphatic rings. The van der Waals surface area contributed by atoms with Crippen molar-refractivity contribution >= 4 is 28.4 Å². The summed E-state index contributed by atoms with van der Waals surface area (Å²) in [7, 11) is 3.40. The molecule has 0 bridgehead atoms. The van der Waals surface area contributed by atoms with E-state index in [0.717, 1.165) is 59.7 Å². The van der Waals surface area contributed by atoms with Gasteiger partial charge in [0.15, 0.2) is 11.6 Å². The molecule has 11 nitrogen and oxygen atoms in total. The van der Waals surface area contributed by atoms with Crippen LogP contribution < -0.4 is 15.4 Å². The number of methoxy groups -OCH3 is 1. The van der Waals surface area contributed by atoms with Crippen molar-refractivity contribution < 1.29 is 9.47 Å². The number of aromatic nitrogens is 7. The molecule has 1 aromatic carbocycles. The summed E-state index contributed by atoms with van der Waals surface area (Å²) in [6, 6.07) is 7.98. The normalized spacial score (nSPS) is 14.4. The minimum Gasteiger partial charge on any atom is -0.495 e. The van der Waals surface area contributed by atoms with Crippen LogP contribution in [0.2, 0.25) is 0 Å². The van der Waals surface area contributed by atoms with Crippen molar-refractivity contribution in [3.63, 3.8) is 0 Å². The summed E-state index contributed by atoms with van der Waals surface area (Å²) in [6.07, 6.45) is 3.69. The molecule has 1 fully saturated rings. The summed E-state index contributed by atoms with van der Waals surface area (Å²) in [5.41, 5.74) is 3.25. The fraction of sp³-hybridized carbons (Fsp3) is 0.364. The standard InChI is InChI=1S/C22H25N9O2/c1-13-10-15-12-23-22(27-19(15)20(24-13)25-16-6-8-33-9-7-16)26-17-5-4-14(11-18(17)32-3)21-28-29-30-31(21)2/h4-5,10-12,16H,6-9H2,1-3H3,(H,24,25)(H,23,26,27). The van der Waals surface area contributed by atoms with E-state index in [4.69, 9.17) is 19.4 Å². The number of hydrogen-bond donors (Lipinski definition) is 2. The summed E-state index contributed by atoms with van der Waals surface area (Å²) in [5.74, 6) is 2.49. The average molecular weight is 448 g/mol. The highest BCUT2D eigenvalue weighted by molar-refractivity contribution is 5.89. The lowest BCUT2D eigenvalue weighted by atomic mass is 10.1. The number of anilines is 3. The van der Waals surface area contributed by atoms with Crippen LogP contribution in [-0.4, -0.2) is 61.5 Å². The number of rotatable bonds is 6. The van der Waals surface area contributed by atoms with Crippen molar-refractivity contribution in [1.82, 2.24) is 35.2 Å². The molecule has 0 amide bonds. The van der Waals surface area contributed by atoms with E-state index in [-0.39, 0.29) is 0 Å². The second kappa shape index (κ2) is 8.94. The zero-order valence-corrected chi connectivity index (χ0v) is 18.7. The Kier molecular flexibility index (Phi) is 5.69. The molecule has 1 aliphatic heterocycles. The lowest BCUT2D eigenvalue weighted by Crippen LogP contribution is -2.28. The van der Waals surface area contributed by atoms with E-state index in [0.29, 0.717) is 23.6 Å². The van der Waals surface area contributed by atoms with Gasteiger partial charge in [-0.2, -0.15) is 0 Å². The fourth-order valence-electron chi connectivity index (χ4n) is 3.90. The first-order chi connectivity index (χ1) is 16.1. The Bertz CT molecular complexity index is 1280. The summed E-state index contributed by atoms with van der Waals surface area (Å²) in [4.78, 5) is 14.0. The topological polar surface area (TPSA) is 125 Å². The van der Waals surface area contributed by atoms with Crippen LogP contribution in [0.3, 0.4) is 0 Å². The highest BCUT2D eigenvalue weighted by Crippen LogP contribution is 2.32. The van der Waals surface area contributed by atoms with Gasteiger partial charge in [0.25, 0.3) is 0 Å². The maximum Gasteiger partial charge on any atom is 0.227 e. The van der Waals surface area contributed by atoms with Crippen LogP contribution >= 0.6 is 0 Å². The Balaban J connectivity index is 1.46. The molecular weight excluding hydrogens is 422 g/mol. The van der Waals surface area contributed by atoms with Crippen LogP contribution in [0, 0.1) is 6.92 Å². The SMILES string of the molecule is COc1cc(-c2nnnn2C)ccc1Nc1ncc2cc(C)nc(NC3CCOCC3)c2n1. The molecule has 0 unspecified atom stereocenters. The number of nitrogens with one attached hydrogen (secondary N) is 2. The molecule has 5 rings (SSSR count). The van der Waals surface area contributed by atoms with Gasteiger partial charge in [0.1, 0.15) is 11.3 Å². The van der Waals surface area contributed by atoms with Crippen molar-refractivity contribution in [1.29, 1.82) is 0 Å². The van der Waals surface area contributed by atoms with E-state index in [2.05, 4.69) is 31.1 Å². The molecule has 2 N–H and O–H groups in total. The van der Waals surface area contributed by atoms with Gasteiger partial charge in [0.05, 0.1) is 12.8 Å². The second-order valence-electron chi connectivity index (χ2n) is 7.94. The predicted octanol–water partition coefficient (Wildman–Crippen LogP) is 2.87. The Morgan fingerprint density at radius 2 is 2.00 bits per heavy atom. The lowest BCUT2D eigenvalue weighted by Gasteiger charge is -2.24. The Labute approximate surface area is 190 Å². The summed E-state index contributed by atoms with van der Waals surface area (Å²) >= 11 is 0. The Hall–Kier alpha value is -3.86. The molecule has 170 valence electrons. The number of ether oxygens (including phenoxy) is 2. The van der Waals surface area contributed by atoms with Crippen LogP contribution in [-0.2, 0) is 11.8 Å².